The van der Waals surface area contributed by atoms with E-state index in [9.17, 15) is 8.78 Å². The van der Waals surface area contributed by atoms with Gasteiger partial charge in [-0.05, 0) is 36.2 Å². The number of aryl methyl sites for hydroxylation is 2. The van der Waals surface area contributed by atoms with Gasteiger partial charge in [0.05, 0.1) is 15.9 Å². The first-order valence-electron chi connectivity index (χ1n) is 6.53. The molecule has 0 aliphatic rings. The van der Waals surface area contributed by atoms with Gasteiger partial charge in [0.25, 0.3) is 6.43 Å². The third kappa shape index (κ3) is 5.08. The van der Waals surface area contributed by atoms with Gasteiger partial charge in [-0.3, -0.25) is 16.0 Å². The highest BCUT2D eigenvalue weighted by atomic mass is 79.9. The molecule has 1 atom stereocenters. The Bertz CT molecular complexity index is 414. The summed E-state index contributed by atoms with van der Waals surface area (Å²) in [5.41, 5.74) is 4.66. The normalized spacial score (nSPS) is 13.2. The highest BCUT2D eigenvalue weighted by Gasteiger charge is 2.17. The molecule has 1 rings (SSSR count). The van der Waals surface area contributed by atoms with Crippen molar-refractivity contribution in [2.45, 2.75) is 45.7 Å². The van der Waals surface area contributed by atoms with Crippen molar-refractivity contribution in [2.75, 3.05) is 13.2 Å². The topological polar surface area (TPSA) is 65.1 Å². The molecule has 0 fully saturated rings. The Balaban J connectivity index is 2.55. The lowest BCUT2D eigenvalue weighted by Crippen LogP contribution is -2.38. The lowest BCUT2D eigenvalue weighted by molar-refractivity contribution is 0.0144. The maximum atomic E-state index is 12.0. The molecule has 0 amide bonds. The summed E-state index contributed by atoms with van der Waals surface area (Å²) in [5.74, 6) is 5.51. The van der Waals surface area contributed by atoms with Crippen LogP contribution in [0.4, 0.5) is 8.78 Å². The number of ether oxygens (including phenoxy) is 1. The van der Waals surface area contributed by atoms with Gasteiger partial charge < -0.3 is 4.74 Å². The van der Waals surface area contributed by atoms with Crippen molar-refractivity contribution in [3.8, 4) is 0 Å². The molecular weight excluding hydrogens is 334 g/mol. The van der Waals surface area contributed by atoms with Crippen LogP contribution in [0.25, 0.3) is 0 Å². The highest BCUT2D eigenvalue weighted by molar-refractivity contribution is 9.10. The van der Waals surface area contributed by atoms with Crippen LogP contribution < -0.4 is 11.3 Å². The fourth-order valence-electron chi connectivity index (χ4n) is 1.94. The summed E-state index contributed by atoms with van der Waals surface area (Å²) in [7, 11) is 0. The number of hydrazine groups is 1. The molecule has 0 saturated heterocycles. The van der Waals surface area contributed by atoms with E-state index in [2.05, 4.69) is 26.5 Å². The van der Waals surface area contributed by atoms with Crippen LogP contribution in [0.5, 0.6) is 0 Å². The van der Waals surface area contributed by atoms with E-state index in [0.717, 1.165) is 22.4 Å². The summed E-state index contributed by atoms with van der Waals surface area (Å²) in [6.07, 6.45) is -1.22. The molecule has 0 aliphatic heterocycles. The summed E-state index contributed by atoms with van der Waals surface area (Å²) in [6.45, 7) is 4.42. The second kappa shape index (κ2) is 8.66. The molecule has 0 aromatic carbocycles. The van der Waals surface area contributed by atoms with Crippen molar-refractivity contribution >= 4 is 15.9 Å². The largest absolute Gasteiger partial charge is 0.375 e. The number of hydrogen-bond acceptors (Lipinski definition) is 4. The average molecular weight is 355 g/mol. The van der Waals surface area contributed by atoms with Crippen molar-refractivity contribution in [3.63, 3.8) is 0 Å². The second-order valence-corrected chi connectivity index (χ2v) is 5.28. The van der Waals surface area contributed by atoms with E-state index in [4.69, 9.17) is 10.6 Å². The summed E-state index contributed by atoms with van der Waals surface area (Å²) in [5, 5.41) is 4.41. The van der Waals surface area contributed by atoms with E-state index in [1.165, 1.54) is 0 Å². The molecule has 8 heteroatoms. The monoisotopic (exact) mass is 354 g/mol. The van der Waals surface area contributed by atoms with Gasteiger partial charge in [-0.15, -0.1) is 0 Å². The quantitative estimate of drug-likeness (QED) is 0.404. The van der Waals surface area contributed by atoms with Crippen LogP contribution in [-0.4, -0.2) is 35.5 Å². The molecule has 0 spiro atoms. The van der Waals surface area contributed by atoms with Gasteiger partial charge in [-0.2, -0.15) is 5.10 Å². The zero-order valence-electron chi connectivity index (χ0n) is 11.7. The van der Waals surface area contributed by atoms with Crippen molar-refractivity contribution < 1.29 is 13.5 Å². The van der Waals surface area contributed by atoms with Crippen molar-refractivity contribution in [1.29, 1.82) is 0 Å². The summed E-state index contributed by atoms with van der Waals surface area (Å²) in [4.78, 5) is 0. The SMILES string of the molecule is CCn1nc(C)c(Br)c1CC(CCOCC(F)F)NN. The first kappa shape index (κ1) is 17.5. The Kier molecular flexibility index (Phi) is 7.57. The Morgan fingerprint density at radius 2 is 2.20 bits per heavy atom. The highest BCUT2D eigenvalue weighted by Crippen LogP contribution is 2.22. The number of hydrogen-bond donors (Lipinski definition) is 2. The molecule has 116 valence electrons. The van der Waals surface area contributed by atoms with Crippen molar-refractivity contribution in [1.82, 2.24) is 15.2 Å². The summed E-state index contributed by atoms with van der Waals surface area (Å²) >= 11 is 3.52. The van der Waals surface area contributed by atoms with E-state index >= 15 is 0 Å². The molecule has 0 saturated carbocycles. The minimum atomic E-state index is -2.43. The van der Waals surface area contributed by atoms with Gasteiger partial charge in [0.2, 0.25) is 0 Å². The maximum absolute atomic E-state index is 12.0. The fourth-order valence-corrected chi connectivity index (χ4v) is 2.39. The lowest BCUT2D eigenvalue weighted by Gasteiger charge is -2.17. The van der Waals surface area contributed by atoms with Crippen molar-refractivity contribution in [2.24, 2.45) is 5.84 Å². The molecule has 1 unspecified atom stereocenters. The molecule has 5 nitrogen and oxygen atoms in total. The van der Waals surface area contributed by atoms with Crippen LogP contribution in [0.2, 0.25) is 0 Å². The fraction of sp³-hybridized carbons (Fsp3) is 0.750. The minimum Gasteiger partial charge on any atom is -0.375 e. The van der Waals surface area contributed by atoms with Crippen LogP contribution >= 0.6 is 15.9 Å². The zero-order valence-corrected chi connectivity index (χ0v) is 13.3. The second-order valence-electron chi connectivity index (χ2n) is 4.48. The number of halogens is 3. The molecule has 0 bridgehead atoms. The van der Waals surface area contributed by atoms with Crippen LogP contribution in [0.3, 0.4) is 0 Å². The zero-order chi connectivity index (χ0) is 15.1. The van der Waals surface area contributed by atoms with Gasteiger partial charge in [0.15, 0.2) is 0 Å². The Hall–Kier alpha value is -0.570. The van der Waals surface area contributed by atoms with E-state index in [1.807, 2.05) is 18.5 Å². The van der Waals surface area contributed by atoms with Crippen molar-refractivity contribution in [3.05, 3.63) is 15.9 Å². The smallest absolute Gasteiger partial charge is 0.261 e. The number of nitrogens with two attached hydrogens (primary N) is 1. The third-order valence-corrected chi connectivity index (χ3v) is 4.01. The third-order valence-electron chi connectivity index (χ3n) is 2.98. The molecule has 20 heavy (non-hydrogen) atoms. The van der Waals surface area contributed by atoms with E-state index in [0.29, 0.717) is 12.8 Å². The van der Waals surface area contributed by atoms with Crippen LogP contribution in [0.1, 0.15) is 24.7 Å². The first-order chi connectivity index (χ1) is 9.49. The molecule has 3 N–H and O–H groups in total. The minimum absolute atomic E-state index is 0.0506. The Morgan fingerprint density at radius 3 is 2.75 bits per heavy atom. The number of alkyl halides is 2. The number of aromatic nitrogens is 2. The first-order valence-corrected chi connectivity index (χ1v) is 7.32. The number of nitrogens with zero attached hydrogens (tertiary/aromatic N) is 2. The summed E-state index contributed by atoms with van der Waals surface area (Å²) < 4.78 is 31.7. The van der Waals surface area contributed by atoms with E-state index < -0.39 is 13.0 Å². The van der Waals surface area contributed by atoms with Gasteiger partial charge in [0.1, 0.15) is 6.61 Å². The molecule has 1 aromatic heterocycles. The lowest BCUT2D eigenvalue weighted by atomic mass is 10.1. The number of rotatable bonds is 9. The average Bonchev–Trinajstić information content (AvgIpc) is 2.69. The van der Waals surface area contributed by atoms with Gasteiger partial charge >= 0.3 is 0 Å². The van der Waals surface area contributed by atoms with E-state index in [-0.39, 0.29) is 12.6 Å². The van der Waals surface area contributed by atoms with Gasteiger partial charge in [0, 0.05) is 25.6 Å². The van der Waals surface area contributed by atoms with Gasteiger partial charge in [-0.25, -0.2) is 8.78 Å². The van der Waals surface area contributed by atoms with E-state index in [1.54, 1.807) is 0 Å². The van der Waals surface area contributed by atoms with Crippen LogP contribution in [0.15, 0.2) is 4.47 Å². The standard InChI is InChI=1S/C12H21BrF2N4O/c1-3-19-10(12(13)8(2)18-19)6-9(17-16)4-5-20-7-11(14)15/h9,11,17H,3-7,16H2,1-2H3. The molecule has 1 heterocycles. The summed E-state index contributed by atoms with van der Waals surface area (Å²) in [6, 6.07) is -0.0506. The molecular formula is C12H21BrF2N4O. The molecule has 1 aromatic rings. The maximum Gasteiger partial charge on any atom is 0.261 e. The Morgan fingerprint density at radius 1 is 1.50 bits per heavy atom. The van der Waals surface area contributed by atoms with Crippen LogP contribution in [0, 0.1) is 6.92 Å². The predicted octanol–water partition coefficient (Wildman–Crippen LogP) is 2.02. The molecule has 0 aliphatic carbocycles. The molecule has 0 radical (unpaired) electrons. The Labute approximate surface area is 125 Å². The van der Waals surface area contributed by atoms with Crippen LogP contribution in [-0.2, 0) is 17.7 Å². The number of nitrogens with one attached hydrogen (secondary N) is 1. The predicted molar refractivity (Wildman–Crippen MR) is 76.6 cm³/mol. The van der Waals surface area contributed by atoms with Gasteiger partial charge in [-0.1, -0.05) is 0 Å².